The van der Waals surface area contributed by atoms with Gasteiger partial charge in [0.05, 0.1) is 11.5 Å². The van der Waals surface area contributed by atoms with Crippen LogP contribution < -0.4 is 5.73 Å². The van der Waals surface area contributed by atoms with Crippen LogP contribution in [0.15, 0.2) is 0 Å². The quantitative estimate of drug-likeness (QED) is 0.785. The first-order chi connectivity index (χ1) is 7.75. The number of nitrogens with zero attached hydrogens (tertiary/aromatic N) is 1. The standard InChI is InChI=1S/C13H24N2OS/c1-9(2)15(8-11(14)17)12(16)10-6-5-7-13(10,3)4/h9-10H,5-8H2,1-4H3,(H2,14,17). The van der Waals surface area contributed by atoms with Crippen molar-refractivity contribution < 1.29 is 4.79 Å². The Labute approximate surface area is 110 Å². The molecule has 4 heteroatoms. The van der Waals surface area contributed by atoms with Crippen LogP contribution >= 0.6 is 12.2 Å². The second-order valence-electron chi connectivity index (χ2n) is 5.96. The second-order valence-corrected chi connectivity index (χ2v) is 6.48. The maximum atomic E-state index is 12.5. The van der Waals surface area contributed by atoms with Crippen molar-refractivity contribution in [1.29, 1.82) is 0 Å². The number of amides is 1. The largest absolute Gasteiger partial charge is 0.392 e. The number of rotatable bonds is 4. The third kappa shape index (κ3) is 3.41. The van der Waals surface area contributed by atoms with E-state index in [9.17, 15) is 4.79 Å². The normalized spacial score (nSPS) is 22.8. The molecule has 0 heterocycles. The lowest BCUT2D eigenvalue weighted by molar-refractivity contribution is -0.139. The summed E-state index contributed by atoms with van der Waals surface area (Å²) in [6.07, 6.45) is 3.26. The topological polar surface area (TPSA) is 46.3 Å². The van der Waals surface area contributed by atoms with E-state index in [0.29, 0.717) is 11.5 Å². The van der Waals surface area contributed by atoms with Crippen LogP contribution in [-0.4, -0.2) is 28.4 Å². The predicted molar refractivity (Wildman–Crippen MR) is 74.8 cm³/mol. The lowest BCUT2D eigenvalue weighted by Gasteiger charge is -2.34. The Morgan fingerprint density at radius 2 is 2.12 bits per heavy atom. The van der Waals surface area contributed by atoms with Crippen molar-refractivity contribution in [3.63, 3.8) is 0 Å². The molecule has 0 aromatic rings. The molecule has 1 fully saturated rings. The fourth-order valence-electron chi connectivity index (χ4n) is 2.67. The summed E-state index contributed by atoms with van der Waals surface area (Å²) in [5, 5.41) is 0. The Hall–Kier alpha value is -0.640. The van der Waals surface area contributed by atoms with Crippen LogP contribution in [0.3, 0.4) is 0 Å². The van der Waals surface area contributed by atoms with E-state index in [1.807, 2.05) is 18.7 Å². The number of nitrogens with two attached hydrogens (primary N) is 1. The molecule has 0 aliphatic heterocycles. The molecule has 1 rings (SSSR count). The highest BCUT2D eigenvalue weighted by Gasteiger charge is 2.41. The molecule has 0 aromatic heterocycles. The average Bonchev–Trinajstić information content (AvgIpc) is 2.52. The van der Waals surface area contributed by atoms with Gasteiger partial charge in [-0.05, 0) is 32.1 Å². The first-order valence-corrected chi connectivity index (χ1v) is 6.75. The Bertz CT molecular complexity index is 313. The highest BCUT2D eigenvalue weighted by Crippen LogP contribution is 2.43. The van der Waals surface area contributed by atoms with E-state index in [-0.39, 0.29) is 23.3 Å². The Morgan fingerprint density at radius 1 is 1.53 bits per heavy atom. The highest BCUT2D eigenvalue weighted by atomic mass is 32.1. The zero-order chi connectivity index (χ0) is 13.2. The molecular formula is C13H24N2OS. The summed E-state index contributed by atoms with van der Waals surface area (Å²) in [6.45, 7) is 8.79. The summed E-state index contributed by atoms with van der Waals surface area (Å²) in [6, 6.07) is 0.153. The van der Waals surface area contributed by atoms with Gasteiger partial charge in [-0.15, -0.1) is 0 Å². The first-order valence-electron chi connectivity index (χ1n) is 6.34. The van der Waals surface area contributed by atoms with Crippen LogP contribution in [0.1, 0.15) is 47.0 Å². The highest BCUT2D eigenvalue weighted by molar-refractivity contribution is 7.80. The third-order valence-electron chi connectivity index (χ3n) is 3.79. The number of hydrogen-bond acceptors (Lipinski definition) is 2. The molecule has 0 saturated heterocycles. The molecule has 1 aliphatic carbocycles. The summed E-state index contributed by atoms with van der Waals surface area (Å²) in [7, 11) is 0. The minimum Gasteiger partial charge on any atom is -0.392 e. The minimum absolute atomic E-state index is 0.112. The predicted octanol–water partition coefficient (Wildman–Crippen LogP) is 2.34. The van der Waals surface area contributed by atoms with Crippen molar-refractivity contribution in [2.24, 2.45) is 17.1 Å². The van der Waals surface area contributed by atoms with E-state index in [1.54, 1.807) is 0 Å². The van der Waals surface area contributed by atoms with Gasteiger partial charge in [-0.1, -0.05) is 32.5 Å². The molecule has 0 spiro atoms. The van der Waals surface area contributed by atoms with E-state index in [1.165, 1.54) is 0 Å². The summed E-state index contributed by atoms with van der Waals surface area (Å²) in [5.41, 5.74) is 5.68. The molecule has 1 aliphatic rings. The average molecular weight is 256 g/mol. The Balaban J connectivity index is 2.81. The van der Waals surface area contributed by atoms with Crippen LogP contribution in [0.5, 0.6) is 0 Å². The maximum Gasteiger partial charge on any atom is 0.226 e. The van der Waals surface area contributed by atoms with Gasteiger partial charge in [-0.25, -0.2) is 0 Å². The van der Waals surface area contributed by atoms with Crippen LogP contribution in [-0.2, 0) is 4.79 Å². The van der Waals surface area contributed by atoms with E-state index in [0.717, 1.165) is 19.3 Å². The molecular weight excluding hydrogens is 232 g/mol. The van der Waals surface area contributed by atoms with E-state index >= 15 is 0 Å². The molecule has 3 nitrogen and oxygen atoms in total. The van der Waals surface area contributed by atoms with Crippen molar-refractivity contribution in [2.75, 3.05) is 6.54 Å². The zero-order valence-corrected chi connectivity index (χ0v) is 12.1. The van der Waals surface area contributed by atoms with E-state index in [2.05, 4.69) is 13.8 Å². The molecule has 98 valence electrons. The third-order valence-corrected chi connectivity index (χ3v) is 3.92. The molecule has 1 unspecified atom stereocenters. The summed E-state index contributed by atoms with van der Waals surface area (Å²) in [5.74, 6) is 0.342. The van der Waals surface area contributed by atoms with Gasteiger partial charge in [-0.2, -0.15) is 0 Å². The number of hydrogen-bond donors (Lipinski definition) is 1. The Morgan fingerprint density at radius 3 is 2.47 bits per heavy atom. The van der Waals surface area contributed by atoms with Gasteiger partial charge in [0.2, 0.25) is 5.91 Å². The van der Waals surface area contributed by atoms with Crippen LogP contribution in [0.4, 0.5) is 0 Å². The molecule has 2 N–H and O–H groups in total. The van der Waals surface area contributed by atoms with Crippen molar-refractivity contribution in [2.45, 2.75) is 53.0 Å². The molecule has 1 atom stereocenters. The van der Waals surface area contributed by atoms with Gasteiger partial charge in [0.15, 0.2) is 0 Å². The van der Waals surface area contributed by atoms with Gasteiger partial charge in [0.25, 0.3) is 0 Å². The number of carbonyl (C=O) groups excluding carboxylic acids is 1. The summed E-state index contributed by atoms with van der Waals surface area (Å²) < 4.78 is 0. The van der Waals surface area contributed by atoms with Gasteiger partial charge >= 0.3 is 0 Å². The molecule has 0 aromatic carbocycles. The molecule has 0 bridgehead atoms. The van der Waals surface area contributed by atoms with Crippen LogP contribution in [0.25, 0.3) is 0 Å². The number of thiocarbonyl (C=S) groups is 1. The smallest absolute Gasteiger partial charge is 0.226 e. The summed E-state index contributed by atoms with van der Waals surface area (Å²) in [4.78, 5) is 14.8. The van der Waals surface area contributed by atoms with Gasteiger partial charge in [0, 0.05) is 12.0 Å². The van der Waals surface area contributed by atoms with Gasteiger partial charge in [0.1, 0.15) is 0 Å². The van der Waals surface area contributed by atoms with Crippen LogP contribution in [0.2, 0.25) is 0 Å². The fraction of sp³-hybridized carbons (Fsp3) is 0.846. The first kappa shape index (κ1) is 14.4. The van der Waals surface area contributed by atoms with E-state index < -0.39 is 0 Å². The van der Waals surface area contributed by atoms with Gasteiger partial charge < -0.3 is 10.6 Å². The molecule has 17 heavy (non-hydrogen) atoms. The second kappa shape index (κ2) is 5.34. The summed E-state index contributed by atoms with van der Waals surface area (Å²) >= 11 is 4.93. The minimum atomic E-state index is 0.112. The number of carbonyl (C=O) groups is 1. The molecule has 1 amide bonds. The monoisotopic (exact) mass is 256 g/mol. The van der Waals surface area contributed by atoms with Crippen molar-refractivity contribution >= 4 is 23.1 Å². The van der Waals surface area contributed by atoms with Gasteiger partial charge in [-0.3, -0.25) is 4.79 Å². The molecule has 1 saturated carbocycles. The van der Waals surface area contributed by atoms with Crippen molar-refractivity contribution in [3.8, 4) is 0 Å². The van der Waals surface area contributed by atoms with Crippen molar-refractivity contribution in [1.82, 2.24) is 4.90 Å². The fourth-order valence-corrected chi connectivity index (χ4v) is 2.81. The zero-order valence-electron chi connectivity index (χ0n) is 11.3. The van der Waals surface area contributed by atoms with E-state index in [4.69, 9.17) is 18.0 Å². The van der Waals surface area contributed by atoms with Crippen LogP contribution in [0, 0.1) is 11.3 Å². The Kier molecular flexibility index (Phi) is 4.53. The lowest BCUT2D eigenvalue weighted by Crippen LogP contribution is -2.47. The lowest BCUT2D eigenvalue weighted by atomic mass is 9.81. The SMILES string of the molecule is CC(C)N(CC(N)=S)C(=O)C1CCCC1(C)C. The maximum absolute atomic E-state index is 12.5. The van der Waals surface area contributed by atoms with Crippen molar-refractivity contribution in [3.05, 3.63) is 0 Å². The molecule has 0 radical (unpaired) electrons.